The Labute approximate surface area is 176 Å². The van der Waals surface area contributed by atoms with Gasteiger partial charge < -0.3 is 24.8 Å². The molecule has 1 aromatic rings. The van der Waals surface area contributed by atoms with Gasteiger partial charge in [-0.15, -0.1) is 0 Å². The summed E-state index contributed by atoms with van der Waals surface area (Å²) in [6, 6.07) is 7.52. The molecule has 164 valence electrons. The highest BCUT2D eigenvalue weighted by Gasteiger charge is 2.53. The molecule has 2 N–H and O–H groups in total. The lowest BCUT2D eigenvalue weighted by molar-refractivity contribution is -0.149. The number of esters is 1. The van der Waals surface area contributed by atoms with Crippen molar-refractivity contribution in [3.05, 3.63) is 24.3 Å². The molecule has 0 aromatic heterocycles. The molecule has 3 fully saturated rings. The molecule has 1 unspecified atom stereocenters. The number of amides is 1. The van der Waals surface area contributed by atoms with Crippen LogP contribution in [0.2, 0.25) is 0 Å². The maximum Gasteiger partial charge on any atom is 0.307 e. The third kappa shape index (κ3) is 5.30. The highest BCUT2D eigenvalue weighted by Crippen LogP contribution is 2.45. The van der Waals surface area contributed by atoms with Crippen LogP contribution >= 0.6 is 0 Å². The first-order valence-corrected chi connectivity index (χ1v) is 10.5. The van der Waals surface area contributed by atoms with Gasteiger partial charge in [-0.2, -0.15) is 0 Å². The fourth-order valence-corrected chi connectivity index (χ4v) is 4.59. The molecule has 1 amide bonds. The minimum Gasteiger partial charge on any atom is -0.490 e. The molecule has 4 rings (SSSR count). The number of piperidine rings is 1. The second-order valence-electron chi connectivity index (χ2n) is 8.24. The van der Waals surface area contributed by atoms with Crippen LogP contribution in [-0.4, -0.2) is 60.2 Å². The summed E-state index contributed by atoms with van der Waals surface area (Å²) >= 11 is 0. The van der Waals surface area contributed by atoms with Crippen molar-refractivity contribution in [1.82, 2.24) is 4.90 Å². The number of anilines is 1. The van der Waals surface area contributed by atoms with Gasteiger partial charge in [0.15, 0.2) is 0 Å². The number of hydrogen-bond acceptors (Lipinski definition) is 6. The van der Waals surface area contributed by atoms with Gasteiger partial charge >= 0.3 is 5.97 Å². The predicted molar refractivity (Wildman–Crippen MR) is 110 cm³/mol. The number of nitrogens with zero attached hydrogens (tertiary/aromatic N) is 1. The van der Waals surface area contributed by atoms with Crippen LogP contribution in [0.3, 0.4) is 0 Å². The van der Waals surface area contributed by atoms with E-state index in [1.54, 1.807) is 0 Å². The Morgan fingerprint density at radius 1 is 1.23 bits per heavy atom. The van der Waals surface area contributed by atoms with Gasteiger partial charge in [-0.3, -0.25) is 14.4 Å². The van der Waals surface area contributed by atoms with Gasteiger partial charge in [0.25, 0.3) is 6.47 Å². The molecule has 1 saturated carbocycles. The van der Waals surface area contributed by atoms with Crippen molar-refractivity contribution in [3.8, 4) is 5.75 Å². The predicted octanol–water partition coefficient (Wildman–Crippen LogP) is 2.67. The molecule has 2 aliphatic heterocycles. The minimum absolute atomic E-state index is 0.119. The van der Waals surface area contributed by atoms with Gasteiger partial charge in [0, 0.05) is 18.8 Å². The molecule has 8 heteroatoms. The Morgan fingerprint density at radius 2 is 1.83 bits per heavy atom. The Bertz CT molecular complexity index is 736. The number of carboxylic acid groups (broad SMARTS) is 1. The monoisotopic (exact) mass is 418 g/mol. The van der Waals surface area contributed by atoms with Gasteiger partial charge in [-0.05, 0) is 69.8 Å². The number of nitrogens with one attached hydrogen (secondary N) is 1. The summed E-state index contributed by atoms with van der Waals surface area (Å²) in [4.78, 5) is 35.3. The SMILES string of the molecule is CN1CCC(Oc2ccc(NC(=O)C3CC(=O)OC34CCCC4)cc2)CC1.O=CO. The Morgan fingerprint density at radius 3 is 2.43 bits per heavy atom. The van der Waals surface area contributed by atoms with Crippen LogP contribution in [-0.2, 0) is 19.1 Å². The van der Waals surface area contributed by atoms with E-state index in [9.17, 15) is 9.59 Å². The second-order valence-corrected chi connectivity index (χ2v) is 8.24. The number of carbonyl (C=O) groups excluding carboxylic acids is 2. The molecule has 1 aliphatic carbocycles. The molecular formula is C22H30N2O6. The molecule has 0 bridgehead atoms. The zero-order chi connectivity index (χ0) is 21.6. The standard InChI is InChI=1S/C21H28N2O4.CH2O2/c1-23-12-8-17(9-13-23)26-16-6-4-15(5-7-16)22-20(25)18-14-19(24)27-21(18)10-2-3-11-21;2-1-3/h4-7,17-18H,2-3,8-14H2,1H3,(H,22,25);1H,(H,2,3). The molecule has 0 radical (unpaired) electrons. The Balaban J connectivity index is 0.000000806. The molecule has 1 spiro atoms. The summed E-state index contributed by atoms with van der Waals surface area (Å²) < 4.78 is 11.6. The van der Waals surface area contributed by atoms with Crippen LogP contribution in [0, 0.1) is 5.92 Å². The van der Waals surface area contributed by atoms with Crippen molar-refractivity contribution in [2.75, 3.05) is 25.5 Å². The topological polar surface area (TPSA) is 105 Å². The zero-order valence-corrected chi connectivity index (χ0v) is 17.3. The van der Waals surface area contributed by atoms with Crippen LogP contribution < -0.4 is 10.1 Å². The lowest BCUT2D eigenvalue weighted by atomic mass is 9.85. The van der Waals surface area contributed by atoms with Gasteiger partial charge in [-0.25, -0.2) is 0 Å². The van der Waals surface area contributed by atoms with E-state index in [0.717, 1.165) is 63.1 Å². The van der Waals surface area contributed by atoms with E-state index >= 15 is 0 Å². The Kier molecular flexibility index (Phi) is 7.31. The molecule has 1 atom stereocenters. The summed E-state index contributed by atoms with van der Waals surface area (Å²) in [6.07, 6.45) is 6.12. The first-order chi connectivity index (χ1) is 14.5. The molecule has 30 heavy (non-hydrogen) atoms. The van der Waals surface area contributed by atoms with Gasteiger partial charge in [0.05, 0.1) is 12.3 Å². The number of carbonyl (C=O) groups is 3. The third-order valence-electron chi connectivity index (χ3n) is 6.18. The van der Waals surface area contributed by atoms with Gasteiger partial charge in [0.2, 0.25) is 5.91 Å². The second kappa shape index (κ2) is 9.93. The fourth-order valence-electron chi connectivity index (χ4n) is 4.59. The number of benzene rings is 1. The van der Waals surface area contributed by atoms with Crippen LogP contribution in [0.25, 0.3) is 0 Å². The molecule has 1 aromatic carbocycles. The van der Waals surface area contributed by atoms with Crippen molar-refractivity contribution < 1.29 is 29.0 Å². The lowest BCUT2D eigenvalue weighted by Crippen LogP contribution is -2.39. The minimum atomic E-state index is -0.571. The van der Waals surface area contributed by atoms with Crippen molar-refractivity contribution in [2.45, 2.75) is 56.7 Å². The maximum atomic E-state index is 12.8. The summed E-state index contributed by atoms with van der Waals surface area (Å²) in [5.74, 6) is 0.0718. The highest BCUT2D eigenvalue weighted by atomic mass is 16.6. The van der Waals surface area contributed by atoms with Crippen LogP contribution in [0.15, 0.2) is 24.3 Å². The summed E-state index contributed by atoms with van der Waals surface area (Å²) in [7, 11) is 2.13. The first-order valence-electron chi connectivity index (χ1n) is 10.5. The zero-order valence-electron chi connectivity index (χ0n) is 17.3. The largest absolute Gasteiger partial charge is 0.490 e. The van der Waals surface area contributed by atoms with E-state index in [2.05, 4.69) is 17.3 Å². The first kappa shape index (κ1) is 22.1. The van der Waals surface area contributed by atoms with Gasteiger partial charge in [-0.1, -0.05) is 0 Å². The molecule has 2 saturated heterocycles. The smallest absolute Gasteiger partial charge is 0.307 e. The van der Waals surface area contributed by atoms with E-state index in [0.29, 0.717) is 0 Å². The van der Waals surface area contributed by atoms with E-state index in [1.807, 2.05) is 24.3 Å². The maximum absolute atomic E-state index is 12.8. The molecule has 8 nitrogen and oxygen atoms in total. The summed E-state index contributed by atoms with van der Waals surface area (Å²) in [6.45, 7) is 1.87. The van der Waals surface area contributed by atoms with Crippen molar-refractivity contribution in [3.63, 3.8) is 0 Å². The van der Waals surface area contributed by atoms with Crippen molar-refractivity contribution in [2.24, 2.45) is 5.92 Å². The number of ether oxygens (including phenoxy) is 2. The van der Waals surface area contributed by atoms with Gasteiger partial charge in [0.1, 0.15) is 17.5 Å². The lowest BCUT2D eigenvalue weighted by Gasteiger charge is -2.29. The third-order valence-corrected chi connectivity index (χ3v) is 6.18. The van der Waals surface area contributed by atoms with E-state index < -0.39 is 5.60 Å². The van der Waals surface area contributed by atoms with Crippen LogP contribution in [0.4, 0.5) is 5.69 Å². The van der Waals surface area contributed by atoms with E-state index in [-0.39, 0.29) is 36.8 Å². The Hall–Kier alpha value is -2.61. The highest BCUT2D eigenvalue weighted by molar-refractivity contribution is 5.97. The molecule has 2 heterocycles. The molecular weight excluding hydrogens is 388 g/mol. The number of hydrogen-bond donors (Lipinski definition) is 2. The quantitative estimate of drug-likeness (QED) is 0.572. The summed E-state index contributed by atoms with van der Waals surface area (Å²) in [5.41, 5.74) is 0.154. The average molecular weight is 418 g/mol. The van der Waals surface area contributed by atoms with E-state index in [1.165, 1.54) is 0 Å². The summed E-state index contributed by atoms with van der Waals surface area (Å²) in [5, 5.41) is 9.85. The fraction of sp³-hybridized carbons (Fsp3) is 0.591. The average Bonchev–Trinajstić information content (AvgIpc) is 3.32. The molecule has 3 aliphatic rings. The number of likely N-dealkylation sites (tertiary alicyclic amines) is 1. The normalized spacial score (nSPS) is 23.4. The van der Waals surface area contributed by atoms with Crippen LogP contribution in [0.5, 0.6) is 5.75 Å². The van der Waals surface area contributed by atoms with Crippen molar-refractivity contribution in [1.29, 1.82) is 0 Å². The van der Waals surface area contributed by atoms with Crippen LogP contribution in [0.1, 0.15) is 44.9 Å². The van der Waals surface area contributed by atoms with E-state index in [4.69, 9.17) is 19.4 Å². The van der Waals surface area contributed by atoms with Crippen molar-refractivity contribution >= 4 is 24.0 Å². The number of rotatable bonds is 4.